The number of H-pyrrole nitrogens is 1. The predicted octanol–water partition coefficient (Wildman–Crippen LogP) is 1.98. The van der Waals surface area contributed by atoms with Crippen LogP contribution >= 0.6 is 11.6 Å². The Morgan fingerprint density at radius 3 is 2.76 bits per heavy atom. The quantitative estimate of drug-likeness (QED) is 0.755. The van der Waals surface area contributed by atoms with Gasteiger partial charge in [-0.05, 0) is 24.1 Å². The van der Waals surface area contributed by atoms with Crippen molar-refractivity contribution in [2.45, 2.75) is 30.9 Å². The number of aliphatic hydroxyl groups excluding tert-OH is 1. The van der Waals surface area contributed by atoms with Gasteiger partial charge < -0.3 is 10.1 Å². The highest BCUT2D eigenvalue weighted by molar-refractivity contribution is 7.89. The van der Waals surface area contributed by atoms with Gasteiger partial charge in [-0.25, -0.2) is 18.1 Å². The van der Waals surface area contributed by atoms with Crippen LogP contribution in [0.1, 0.15) is 30.8 Å². The molecule has 0 fully saturated rings. The van der Waals surface area contributed by atoms with Crippen molar-refractivity contribution in [1.82, 2.24) is 14.7 Å². The first-order chi connectivity index (χ1) is 9.97. The summed E-state index contributed by atoms with van der Waals surface area (Å²) in [6.07, 6.45) is 3.76. The molecule has 0 bridgehead atoms. The minimum atomic E-state index is -3.72. The second-order valence-electron chi connectivity index (χ2n) is 4.47. The van der Waals surface area contributed by atoms with Crippen molar-refractivity contribution < 1.29 is 13.5 Å². The number of aromatic nitrogens is 2. The lowest BCUT2D eigenvalue weighted by Gasteiger charge is -2.15. The van der Waals surface area contributed by atoms with Gasteiger partial charge in [0.1, 0.15) is 5.82 Å². The Morgan fingerprint density at radius 1 is 1.48 bits per heavy atom. The zero-order valence-electron chi connectivity index (χ0n) is 11.4. The summed E-state index contributed by atoms with van der Waals surface area (Å²) in [5.41, 5.74) is 0.480. The molecule has 3 N–H and O–H groups in total. The number of benzene rings is 1. The molecule has 1 heterocycles. The molecule has 0 aliphatic heterocycles. The Labute approximate surface area is 128 Å². The standard InChI is InChI=1S/C13H16ClN3O3S/c1-2-12(13-15-5-6-16-13)17-21(19,20)10-4-3-9(8-18)11(14)7-10/h3-7,12,17-18H,2,8H2,1H3,(H,15,16). The Balaban J connectivity index is 2.27. The van der Waals surface area contributed by atoms with Crippen LogP contribution in [0.3, 0.4) is 0 Å². The van der Waals surface area contributed by atoms with Gasteiger partial charge in [-0.2, -0.15) is 0 Å². The lowest BCUT2D eigenvalue weighted by molar-refractivity contribution is 0.282. The van der Waals surface area contributed by atoms with Gasteiger partial charge in [0.15, 0.2) is 0 Å². The van der Waals surface area contributed by atoms with E-state index in [1.54, 1.807) is 12.4 Å². The molecule has 0 saturated heterocycles. The molecule has 0 radical (unpaired) electrons. The van der Waals surface area contributed by atoms with E-state index in [-0.39, 0.29) is 16.5 Å². The fourth-order valence-electron chi connectivity index (χ4n) is 1.88. The molecular formula is C13H16ClN3O3S. The molecule has 0 aliphatic rings. The molecule has 0 saturated carbocycles. The van der Waals surface area contributed by atoms with Crippen LogP contribution in [0.4, 0.5) is 0 Å². The minimum Gasteiger partial charge on any atom is -0.392 e. The minimum absolute atomic E-state index is 0.0507. The van der Waals surface area contributed by atoms with Crippen molar-refractivity contribution in [1.29, 1.82) is 0 Å². The van der Waals surface area contributed by atoms with Gasteiger partial charge in [-0.3, -0.25) is 0 Å². The van der Waals surface area contributed by atoms with Gasteiger partial charge in [0.05, 0.1) is 17.5 Å². The van der Waals surface area contributed by atoms with E-state index in [0.29, 0.717) is 17.8 Å². The number of hydrogen-bond donors (Lipinski definition) is 3. The molecule has 21 heavy (non-hydrogen) atoms. The highest BCUT2D eigenvalue weighted by atomic mass is 35.5. The third kappa shape index (κ3) is 3.62. The zero-order chi connectivity index (χ0) is 15.5. The first-order valence-electron chi connectivity index (χ1n) is 6.38. The van der Waals surface area contributed by atoms with E-state index in [2.05, 4.69) is 14.7 Å². The highest BCUT2D eigenvalue weighted by Gasteiger charge is 2.22. The molecule has 6 nitrogen and oxygen atoms in total. The molecule has 2 aromatic rings. The smallest absolute Gasteiger partial charge is 0.241 e. The fourth-order valence-corrected chi connectivity index (χ4v) is 3.49. The Hall–Kier alpha value is -1.41. The molecule has 0 aliphatic carbocycles. The SMILES string of the molecule is CCC(NS(=O)(=O)c1ccc(CO)c(Cl)c1)c1ncc[nH]1. The lowest BCUT2D eigenvalue weighted by Crippen LogP contribution is -2.29. The summed E-state index contributed by atoms with van der Waals surface area (Å²) in [5.74, 6) is 0.555. The molecular weight excluding hydrogens is 314 g/mol. The van der Waals surface area contributed by atoms with Crippen LogP contribution in [-0.2, 0) is 16.6 Å². The summed E-state index contributed by atoms with van der Waals surface area (Å²) in [6, 6.07) is 3.78. The predicted molar refractivity (Wildman–Crippen MR) is 79.3 cm³/mol. The maximum Gasteiger partial charge on any atom is 0.241 e. The third-order valence-corrected chi connectivity index (χ3v) is 4.88. The maximum atomic E-state index is 12.4. The van der Waals surface area contributed by atoms with Gasteiger partial charge in [0.25, 0.3) is 0 Å². The van der Waals surface area contributed by atoms with Gasteiger partial charge in [0.2, 0.25) is 10.0 Å². The summed E-state index contributed by atoms with van der Waals surface area (Å²) in [7, 11) is -3.72. The van der Waals surface area contributed by atoms with Gasteiger partial charge in [0, 0.05) is 17.4 Å². The number of halogens is 1. The number of nitrogens with zero attached hydrogens (tertiary/aromatic N) is 1. The monoisotopic (exact) mass is 329 g/mol. The molecule has 1 atom stereocenters. The third-order valence-electron chi connectivity index (χ3n) is 3.06. The van der Waals surface area contributed by atoms with E-state index in [0.717, 1.165) is 0 Å². The largest absolute Gasteiger partial charge is 0.392 e. The van der Waals surface area contributed by atoms with Crippen molar-refractivity contribution in [2.24, 2.45) is 0 Å². The molecule has 1 aromatic heterocycles. The molecule has 1 unspecified atom stereocenters. The van der Waals surface area contributed by atoms with Crippen molar-refractivity contribution in [2.75, 3.05) is 0 Å². The first kappa shape index (κ1) is 16.0. The van der Waals surface area contributed by atoms with Crippen LogP contribution in [0, 0.1) is 0 Å². The number of rotatable bonds is 6. The highest BCUT2D eigenvalue weighted by Crippen LogP contribution is 2.23. The second-order valence-corrected chi connectivity index (χ2v) is 6.59. The Morgan fingerprint density at radius 2 is 2.24 bits per heavy atom. The topological polar surface area (TPSA) is 95.1 Å². The molecule has 114 valence electrons. The second kappa shape index (κ2) is 6.57. The van der Waals surface area contributed by atoms with E-state index in [9.17, 15) is 8.42 Å². The van der Waals surface area contributed by atoms with Crippen LogP contribution in [0.25, 0.3) is 0 Å². The van der Waals surface area contributed by atoms with E-state index < -0.39 is 16.1 Å². The van der Waals surface area contributed by atoms with Crippen LogP contribution in [0.15, 0.2) is 35.5 Å². The average Bonchev–Trinajstić information content (AvgIpc) is 2.98. The first-order valence-corrected chi connectivity index (χ1v) is 8.25. The van der Waals surface area contributed by atoms with Crippen LogP contribution < -0.4 is 4.72 Å². The zero-order valence-corrected chi connectivity index (χ0v) is 12.9. The summed E-state index contributed by atoms with van der Waals surface area (Å²) in [5, 5.41) is 9.27. The molecule has 0 amide bonds. The van der Waals surface area contributed by atoms with Crippen molar-refractivity contribution in [3.63, 3.8) is 0 Å². The van der Waals surface area contributed by atoms with Crippen LogP contribution in [0.2, 0.25) is 5.02 Å². The number of sulfonamides is 1. The molecule has 0 spiro atoms. The van der Waals surface area contributed by atoms with Crippen LogP contribution in [-0.4, -0.2) is 23.5 Å². The lowest BCUT2D eigenvalue weighted by atomic mass is 10.2. The molecule has 8 heteroatoms. The number of nitrogens with one attached hydrogen (secondary N) is 2. The summed E-state index contributed by atoms with van der Waals surface area (Å²) >= 11 is 5.93. The number of hydrogen-bond acceptors (Lipinski definition) is 4. The van der Waals surface area contributed by atoms with Crippen molar-refractivity contribution in [3.05, 3.63) is 47.0 Å². The average molecular weight is 330 g/mol. The number of imidazole rings is 1. The van der Waals surface area contributed by atoms with E-state index in [4.69, 9.17) is 16.7 Å². The number of aliphatic hydroxyl groups is 1. The van der Waals surface area contributed by atoms with Crippen molar-refractivity contribution in [3.8, 4) is 0 Å². The van der Waals surface area contributed by atoms with Crippen LogP contribution in [0.5, 0.6) is 0 Å². The summed E-state index contributed by atoms with van der Waals surface area (Å²) < 4.78 is 27.3. The van der Waals surface area contributed by atoms with Gasteiger partial charge >= 0.3 is 0 Å². The molecule has 2 rings (SSSR count). The van der Waals surface area contributed by atoms with Gasteiger partial charge in [-0.1, -0.05) is 24.6 Å². The Kier molecular flexibility index (Phi) is 5.00. The van der Waals surface area contributed by atoms with E-state index in [1.165, 1.54) is 18.2 Å². The fraction of sp³-hybridized carbons (Fsp3) is 0.308. The van der Waals surface area contributed by atoms with E-state index in [1.807, 2.05) is 6.92 Å². The maximum absolute atomic E-state index is 12.4. The molecule has 1 aromatic carbocycles. The normalized spacial score (nSPS) is 13.3. The summed E-state index contributed by atoms with van der Waals surface area (Å²) in [6.45, 7) is 1.62. The van der Waals surface area contributed by atoms with Crippen molar-refractivity contribution >= 4 is 21.6 Å². The Bertz CT molecular complexity index is 701. The van der Waals surface area contributed by atoms with Gasteiger partial charge in [-0.15, -0.1) is 0 Å². The number of aromatic amines is 1. The van der Waals surface area contributed by atoms with E-state index >= 15 is 0 Å². The summed E-state index contributed by atoms with van der Waals surface area (Å²) in [4.78, 5) is 7.01.